The van der Waals surface area contributed by atoms with Crippen LogP contribution in [0.5, 0.6) is 0 Å². The van der Waals surface area contributed by atoms with Gasteiger partial charge in [0.25, 0.3) is 0 Å². The van der Waals surface area contributed by atoms with E-state index in [1.807, 2.05) is 0 Å². The minimum atomic E-state index is 1.05. The third-order valence-corrected chi connectivity index (χ3v) is 3.58. The van der Waals surface area contributed by atoms with Crippen LogP contribution in [0, 0.1) is 20.8 Å². The first kappa shape index (κ1) is 11.9. The third kappa shape index (κ3) is 2.12. The van der Waals surface area contributed by atoms with E-state index < -0.39 is 0 Å². The largest absolute Gasteiger partial charge is 0.248 e. The van der Waals surface area contributed by atoms with Gasteiger partial charge in [0.1, 0.15) is 0 Å². The molecule has 0 aliphatic carbocycles. The predicted octanol–water partition coefficient (Wildman–Crippen LogP) is 4.83. The van der Waals surface area contributed by atoms with Crippen molar-refractivity contribution in [3.63, 3.8) is 0 Å². The lowest BCUT2D eigenvalue weighted by molar-refractivity contribution is 1.32. The highest BCUT2D eigenvalue weighted by Gasteiger charge is 2.05. The maximum absolute atomic E-state index is 4.84. The van der Waals surface area contributed by atoms with Gasteiger partial charge in [0.05, 0.1) is 11.2 Å². The normalized spacial score (nSPS) is 10.9. The molecule has 1 aromatic heterocycles. The van der Waals surface area contributed by atoms with Gasteiger partial charge in [-0.25, -0.2) is 4.98 Å². The Morgan fingerprint density at radius 2 is 1.63 bits per heavy atom. The van der Waals surface area contributed by atoms with Crippen LogP contribution in [0.1, 0.15) is 16.7 Å². The molecule has 0 unspecified atom stereocenters. The second-order valence-corrected chi connectivity index (χ2v) is 5.16. The van der Waals surface area contributed by atoms with Gasteiger partial charge in [-0.1, -0.05) is 48.0 Å². The summed E-state index contributed by atoms with van der Waals surface area (Å²) in [6.07, 6.45) is 0. The maximum atomic E-state index is 4.84. The Morgan fingerprint density at radius 1 is 0.789 bits per heavy atom. The van der Waals surface area contributed by atoms with E-state index in [1.54, 1.807) is 0 Å². The molecule has 3 aromatic rings. The van der Waals surface area contributed by atoms with Crippen molar-refractivity contribution in [1.29, 1.82) is 0 Å². The fourth-order valence-electron chi connectivity index (χ4n) is 2.55. The van der Waals surface area contributed by atoms with Crippen LogP contribution >= 0.6 is 0 Å². The Morgan fingerprint density at radius 3 is 2.42 bits per heavy atom. The van der Waals surface area contributed by atoms with Crippen LogP contribution < -0.4 is 0 Å². The van der Waals surface area contributed by atoms with E-state index in [0.29, 0.717) is 0 Å². The summed E-state index contributed by atoms with van der Waals surface area (Å²) in [6.45, 7) is 6.38. The molecule has 1 heterocycles. The van der Waals surface area contributed by atoms with E-state index in [-0.39, 0.29) is 0 Å². The smallest absolute Gasteiger partial charge is 0.0738 e. The number of hydrogen-bond acceptors (Lipinski definition) is 1. The molecule has 0 saturated carbocycles. The highest BCUT2D eigenvalue weighted by atomic mass is 14.7. The molecule has 0 atom stereocenters. The molecule has 2 aromatic carbocycles. The van der Waals surface area contributed by atoms with Crippen molar-refractivity contribution in [2.24, 2.45) is 0 Å². The lowest BCUT2D eigenvalue weighted by atomic mass is 10.0. The number of aryl methyl sites for hydroxylation is 3. The Hall–Kier alpha value is -2.15. The van der Waals surface area contributed by atoms with Gasteiger partial charge in [-0.05, 0) is 38.0 Å². The Balaban J connectivity index is 2.23. The summed E-state index contributed by atoms with van der Waals surface area (Å²) >= 11 is 0. The molecule has 0 saturated heterocycles. The molecule has 0 spiro atoms. The summed E-state index contributed by atoms with van der Waals surface area (Å²) < 4.78 is 0. The van der Waals surface area contributed by atoms with Crippen molar-refractivity contribution in [3.05, 3.63) is 65.2 Å². The van der Waals surface area contributed by atoms with Crippen LogP contribution in [0.2, 0.25) is 0 Å². The quantitative estimate of drug-likeness (QED) is 0.600. The van der Waals surface area contributed by atoms with Crippen molar-refractivity contribution >= 4 is 10.9 Å². The third-order valence-electron chi connectivity index (χ3n) is 3.58. The van der Waals surface area contributed by atoms with Gasteiger partial charge < -0.3 is 0 Å². The average molecular weight is 247 g/mol. The summed E-state index contributed by atoms with van der Waals surface area (Å²) in [5.41, 5.74) is 7.16. The highest BCUT2D eigenvalue weighted by Crippen LogP contribution is 2.25. The number of hydrogen-bond donors (Lipinski definition) is 0. The molecule has 19 heavy (non-hydrogen) atoms. The van der Waals surface area contributed by atoms with Gasteiger partial charge in [-0.15, -0.1) is 0 Å². The first-order chi connectivity index (χ1) is 9.15. The zero-order valence-corrected chi connectivity index (χ0v) is 11.6. The van der Waals surface area contributed by atoms with E-state index in [9.17, 15) is 0 Å². The molecule has 1 heteroatoms. The Labute approximate surface area is 113 Å². The molecule has 3 rings (SSSR count). The molecule has 0 bridgehead atoms. The van der Waals surface area contributed by atoms with E-state index in [2.05, 4.69) is 69.3 Å². The van der Waals surface area contributed by atoms with E-state index in [1.165, 1.54) is 27.6 Å². The number of fused-ring (bicyclic) bond motifs is 1. The summed E-state index contributed by atoms with van der Waals surface area (Å²) in [7, 11) is 0. The molecule has 0 radical (unpaired) electrons. The molecule has 0 amide bonds. The van der Waals surface area contributed by atoms with Gasteiger partial charge in [-0.3, -0.25) is 0 Å². The first-order valence-electron chi connectivity index (χ1n) is 6.59. The van der Waals surface area contributed by atoms with Crippen LogP contribution in [-0.2, 0) is 0 Å². The molecule has 94 valence electrons. The van der Waals surface area contributed by atoms with E-state index in [4.69, 9.17) is 4.98 Å². The number of pyridine rings is 1. The monoisotopic (exact) mass is 247 g/mol. The summed E-state index contributed by atoms with van der Waals surface area (Å²) in [5.74, 6) is 0. The standard InChI is InChI=1S/C18H17N/c1-12-7-9-16(14(3)11-12)17-10-8-15-6-4-5-13(2)18(15)19-17/h4-11H,1-3H3. The number of aromatic nitrogens is 1. The van der Waals surface area contributed by atoms with Crippen LogP contribution in [0.25, 0.3) is 22.2 Å². The van der Waals surface area contributed by atoms with Crippen LogP contribution in [0.3, 0.4) is 0 Å². The van der Waals surface area contributed by atoms with Crippen LogP contribution in [-0.4, -0.2) is 4.98 Å². The first-order valence-corrected chi connectivity index (χ1v) is 6.59. The number of nitrogens with zero attached hydrogens (tertiary/aromatic N) is 1. The maximum Gasteiger partial charge on any atom is 0.0738 e. The molecule has 0 aliphatic heterocycles. The van der Waals surface area contributed by atoms with Crippen molar-refractivity contribution < 1.29 is 0 Å². The second kappa shape index (κ2) is 4.51. The molecule has 0 aliphatic rings. The average Bonchev–Trinajstić information content (AvgIpc) is 2.39. The van der Waals surface area contributed by atoms with Gasteiger partial charge in [-0.2, -0.15) is 0 Å². The molecule has 1 nitrogen and oxygen atoms in total. The summed E-state index contributed by atoms with van der Waals surface area (Å²) in [6, 6.07) is 17.1. The zero-order chi connectivity index (χ0) is 13.4. The molecule has 0 fully saturated rings. The Kier molecular flexibility index (Phi) is 2.83. The van der Waals surface area contributed by atoms with Gasteiger partial charge >= 0.3 is 0 Å². The number of para-hydroxylation sites is 1. The minimum Gasteiger partial charge on any atom is -0.248 e. The predicted molar refractivity (Wildman–Crippen MR) is 81.4 cm³/mol. The van der Waals surface area contributed by atoms with Gasteiger partial charge in [0.2, 0.25) is 0 Å². The van der Waals surface area contributed by atoms with Crippen molar-refractivity contribution in [1.82, 2.24) is 4.98 Å². The molecule has 0 N–H and O–H groups in total. The van der Waals surface area contributed by atoms with Crippen LogP contribution in [0.4, 0.5) is 0 Å². The number of rotatable bonds is 1. The fraction of sp³-hybridized carbons (Fsp3) is 0.167. The fourth-order valence-corrected chi connectivity index (χ4v) is 2.55. The minimum absolute atomic E-state index is 1.05. The topological polar surface area (TPSA) is 12.9 Å². The van der Waals surface area contributed by atoms with Gasteiger partial charge in [0, 0.05) is 10.9 Å². The zero-order valence-electron chi connectivity index (χ0n) is 11.6. The molecular weight excluding hydrogens is 230 g/mol. The van der Waals surface area contributed by atoms with E-state index >= 15 is 0 Å². The summed E-state index contributed by atoms with van der Waals surface area (Å²) in [5, 5.41) is 1.20. The van der Waals surface area contributed by atoms with Crippen molar-refractivity contribution in [2.45, 2.75) is 20.8 Å². The lowest BCUT2D eigenvalue weighted by Gasteiger charge is -2.08. The SMILES string of the molecule is Cc1ccc(-c2ccc3cccc(C)c3n2)c(C)c1. The number of benzene rings is 2. The van der Waals surface area contributed by atoms with Crippen molar-refractivity contribution in [3.8, 4) is 11.3 Å². The summed E-state index contributed by atoms with van der Waals surface area (Å²) in [4.78, 5) is 4.84. The second-order valence-electron chi connectivity index (χ2n) is 5.16. The highest BCUT2D eigenvalue weighted by molar-refractivity contribution is 5.84. The van der Waals surface area contributed by atoms with Crippen molar-refractivity contribution in [2.75, 3.05) is 0 Å². The Bertz CT molecular complexity index is 757. The van der Waals surface area contributed by atoms with E-state index in [0.717, 1.165) is 11.2 Å². The van der Waals surface area contributed by atoms with Crippen LogP contribution in [0.15, 0.2) is 48.5 Å². The molecular formula is C18H17N. The van der Waals surface area contributed by atoms with Gasteiger partial charge in [0.15, 0.2) is 0 Å². The lowest BCUT2D eigenvalue weighted by Crippen LogP contribution is -1.90.